The average Bonchev–Trinajstić information content (AvgIpc) is 2.56. The van der Waals surface area contributed by atoms with E-state index in [2.05, 4.69) is 5.32 Å². The van der Waals surface area contributed by atoms with Gasteiger partial charge in [0.1, 0.15) is 6.04 Å². The topological polar surface area (TPSA) is 92.4 Å². The van der Waals surface area contributed by atoms with E-state index in [-0.39, 0.29) is 6.54 Å². The third-order valence-corrected chi connectivity index (χ3v) is 3.42. The molecule has 22 heavy (non-hydrogen) atoms. The van der Waals surface area contributed by atoms with Gasteiger partial charge in [0, 0.05) is 5.92 Å². The number of benzene rings is 2. The van der Waals surface area contributed by atoms with Crippen molar-refractivity contribution in [1.82, 2.24) is 5.32 Å². The van der Waals surface area contributed by atoms with E-state index < -0.39 is 23.8 Å². The fraction of sp³-hybridized carbons (Fsp3) is 0.176. The Morgan fingerprint density at radius 3 is 1.77 bits per heavy atom. The number of carboxylic acid groups (broad SMARTS) is 1. The van der Waals surface area contributed by atoms with Crippen LogP contribution in [0.4, 0.5) is 0 Å². The summed E-state index contributed by atoms with van der Waals surface area (Å²) in [6.07, 6.45) is 0. The van der Waals surface area contributed by atoms with Crippen LogP contribution in [0.2, 0.25) is 0 Å². The molecule has 0 aliphatic rings. The van der Waals surface area contributed by atoms with Crippen molar-refractivity contribution < 1.29 is 14.7 Å². The summed E-state index contributed by atoms with van der Waals surface area (Å²) in [7, 11) is 0. The average molecular weight is 298 g/mol. The number of nitrogens with one attached hydrogen (secondary N) is 1. The monoisotopic (exact) mass is 298 g/mol. The summed E-state index contributed by atoms with van der Waals surface area (Å²) in [4.78, 5) is 23.3. The van der Waals surface area contributed by atoms with Crippen LogP contribution in [0.5, 0.6) is 0 Å². The molecule has 4 N–H and O–H groups in total. The van der Waals surface area contributed by atoms with Gasteiger partial charge in [0.15, 0.2) is 0 Å². The first-order chi connectivity index (χ1) is 10.6. The van der Waals surface area contributed by atoms with E-state index in [0.29, 0.717) is 0 Å². The van der Waals surface area contributed by atoms with Gasteiger partial charge in [-0.2, -0.15) is 0 Å². The first kappa shape index (κ1) is 15.7. The van der Waals surface area contributed by atoms with Crippen molar-refractivity contribution in [3.05, 3.63) is 71.8 Å². The van der Waals surface area contributed by atoms with Gasteiger partial charge in [0.2, 0.25) is 5.91 Å². The quantitative estimate of drug-likeness (QED) is 0.750. The van der Waals surface area contributed by atoms with Crippen molar-refractivity contribution in [3.63, 3.8) is 0 Å². The molecule has 0 heterocycles. The summed E-state index contributed by atoms with van der Waals surface area (Å²) in [6, 6.07) is 17.4. The van der Waals surface area contributed by atoms with Gasteiger partial charge < -0.3 is 16.2 Å². The van der Waals surface area contributed by atoms with Crippen LogP contribution in [-0.2, 0) is 9.59 Å². The SMILES string of the molecule is NCC(=O)N[C@@H](C(=O)O)C(c1ccccc1)c1ccccc1. The Morgan fingerprint density at radius 2 is 1.41 bits per heavy atom. The smallest absolute Gasteiger partial charge is 0.327 e. The van der Waals surface area contributed by atoms with Crippen LogP contribution in [-0.4, -0.2) is 29.6 Å². The van der Waals surface area contributed by atoms with Gasteiger partial charge in [-0.15, -0.1) is 0 Å². The van der Waals surface area contributed by atoms with Crippen molar-refractivity contribution in [2.24, 2.45) is 5.73 Å². The van der Waals surface area contributed by atoms with Crippen molar-refractivity contribution in [2.75, 3.05) is 6.54 Å². The third kappa shape index (κ3) is 3.71. The highest BCUT2D eigenvalue weighted by Crippen LogP contribution is 2.28. The molecule has 2 aromatic rings. The zero-order valence-electron chi connectivity index (χ0n) is 12.0. The van der Waals surface area contributed by atoms with Crippen molar-refractivity contribution in [1.29, 1.82) is 0 Å². The van der Waals surface area contributed by atoms with E-state index in [1.807, 2.05) is 60.7 Å². The second kappa shape index (κ2) is 7.38. The Kier molecular flexibility index (Phi) is 5.27. The Bertz CT molecular complexity index is 589. The number of rotatable bonds is 6. The zero-order valence-corrected chi connectivity index (χ0v) is 12.0. The molecule has 0 aliphatic carbocycles. The van der Waals surface area contributed by atoms with Gasteiger partial charge in [-0.25, -0.2) is 4.79 Å². The largest absolute Gasteiger partial charge is 0.480 e. The standard InChI is InChI=1S/C17H18N2O3/c18-11-14(20)19-16(17(21)22)15(12-7-3-1-4-8-12)13-9-5-2-6-10-13/h1-10,15-16H,11,18H2,(H,19,20)(H,21,22)/t16-/m1/s1. The molecular formula is C17H18N2O3. The van der Waals surface area contributed by atoms with Crippen LogP contribution in [0.15, 0.2) is 60.7 Å². The predicted molar refractivity (Wildman–Crippen MR) is 83.3 cm³/mol. The second-order valence-corrected chi connectivity index (χ2v) is 4.89. The summed E-state index contributed by atoms with van der Waals surface area (Å²) < 4.78 is 0. The molecular weight excluding hydrogens is 280 g/mol. The highest BCUT2D eigenvalue weighted by Gasteiger charge is 2.31. The molecule has 0 aliphatic heterocycles. The van der Waals surface area contributed by atoms with E-state index in [4.69, 9.17) is 5.73 Å². The highest BCUT2D eigenvalue weighted by atomic mass is 16.4. The molecule has 1 atom stereocenters. The predicted octanol–water partition coefficient (Wildman–Crippen LogP) is 1.35. The molecule has 0 bridgehead atoms. The number of nitrogens with two attached hydrogens (primary N) is 1. The molecule has 1 amide bonds. The molecule has 0 saturated heterocycles. The molecule has 0 spiro atoms. The molecule has 0 saturated carbocycles. The van der Waals surface area contributed by atoms with Gasteiger partial charge in [0.25, 0.3) is 0 Å². The van der Waals surface area contributed by atoms with E-state index in [1.54, 1.807) is 0 Å². The zero-order chi connectivity index (χ0) is 15.9. The minimum Gasteiger partial charge on any atom is -0.480 e. The van der Waals surface area contributed by atoms with Gasteiger partial charge in [0.05, 0.1) is 6.54 Å². The van der Waals surface area contributed by atoms with Crippen molar-refractivity contribution in [3.8, 4) is 0 Å². The number of aliphatic carboxylic acids is 1. The number of amides is 1. The fourth-order valence-electron chi connectivity index (χ4n) is 2.42. The van der Waals surface area contributed by atoms with Crippen molar-refractivity contribution >= 4 is 11.9 Å². The Labute approximate surface area is 128 Å². The second-order valence-electron chi connectivity index (χ2n) is 4.89. The highest BCUT2D eigenvalue weighted by molar-refractivity contribution is 5.85. The lowest BCUT2D eigenvalue weighted by molar-refractivity contribution is -0.142. The molecule has 0 fully saturated rings. The first-order valence-corrected chi connectivity index (χ1v) is 6.95. The summed E-state index contributed by atoms with van der Waals surface area (Å²) in [5, 5.41) is 12.1. The number of hydrogen-bond donors (Lipinski definition) is 3. The third-order valence-electron chi connectivity index (χ3n) is 3.42. The Hall–Kier alpha value is -2.66. The number of carboxylic acids is 1. The maximum absolute atomic E-state index is 11.7. The molecule has 114 valence electrons. The lowest BCUT2D eigenvalue weighted by atomic mass is 9.85. The lowest BCUT2D eigenvalue weighted by Crippen LogP contribution is -2.47. The van der Waals surface area contributed by atoms with Crippen LogP contribution >= 0.6 is 0 Å². The minimum atomic E-state index is -1.10. The summed E-state index contributed by atoms with van der Waals surface area (Å²) in [5.41, 5.74) is 6.93. The molecule has 0 unspecified atom stereocenters. The molecule has 5 heteroatoms. The van der Waals surface area contributed by atoms with E-state index in [0.717, 1.165) is 11.1 Å². The van der Waals surface area contributed by atoms with Crippen LogP contribution < -0.4 is 11.1 Å². The van der Waals surface area contributed by atoms with Crippen LogP contribution in [0.3, 0.4) is 0 Å². The molecule has 0 radical (unpaired) electrons. The summed E-state index contributed by atoms with van der Waals surface area (Å²) >= 11 is 0. The summed E-state index contributed by atoms with van der Waals surface area (Å²) in [6.45, 7) is -0.250. The fourth-order valence-corrected chi connectivity index (χ4v) is 2.42. The number of carbonyl (C=O) groups is 2. The maximum Gasteiger partial charge on any atom is 0.327 e. The van der Waals surface area contributed by atoms with E-state index >= 15 is 0 Å². The van der Waals surface area contributed by atoms with Gasteiger partial charge >= 0.3 is 5.97 Å². The maximum atomic E-state index is 11.7. The van der Waals surface area contributed by atoms with E-state index in [1.165, 1.54) is 0 Å². The van der Waals surface area contributed by atoms with Gasteiger partial charge in [-0.05, 0) is 11.1 Å². The number of carbonyl (C=O) groups excluding carboxylic acids is 1. The number of hydrogen-bond acceptors (Lipinski definition) is 3. The van der Waals surface area contributed by atoms with Crippen LogP contribution in [0, 0.1) is 0 Å². The minimum absolute atomic E-state index is 0.250. The normalized spacial score (nSPS) is 11.9. The summed E-state index contributed by atoms with van der Waals surface area (Å²) in [5.74, 6) is -2.08. The molecule has 5 nitrogen and oxygen atoms in total. The molecule has 2 rings (SSSR count). The van der Waals surface area contributed by atoms with Crippen molar-refractivity contribution in [2.45, 2.75) is 12.0 Å². The van der Waals surface area contributed by atoms with Gasteiger partial charge in [-0.1, -0.05) is 60.7 Å². The first-order valence-electron chi connectivity index (χ1n) is 6.95. The van der Waals surface area contributed by atoms with Crippen LogP contribution in [0.1, 0.15) is 17.0 Å². The van der Waals surface area contributed by atoms with Crippen LogP contribution in [0.25, 0.3) is 0 Å². The van der Waals surface area contributed by atoms with Gasteiger partial charge in [-0.3, -0.25) is 4.79 Å². The Morgan fingerprint density at radius 1 is 0.955 bits per heavy atom. The van der Waals surface area contributed by atoms with E-state index in [9.17, 15) is 14.7 Å². The molecule has 0 aromatic heterocycles. The Balaban J connectivity index is 2.46. The lowest BCUT2D eigenvalue weighted by Gasteiger charge is -2.25. The molecule has 2 aromatic carbocycles.